The zero-order valence-corrected chi connectivity index (χ0v) is 24.1. The lowest BCUT2D eigenvalue weighted by molar-refractivity contribution is 0.0966. The van der Waals surface area contributed by atoms with Crippen molar-refractivity contribution in [3.8, 4) is 11.3 Å². The van der Waals surface area contributed by atoms with E-state index in [2.05, 4.69) is 36.5 Å². The first-order valence-electron chi connectivity index (χ1n) is 13.6. The van der Waals surface area contributed by atoms with E-state index in [0.29, 0.717) is 41.5 Å². The minimum absolute atomic E-state index is 0.129. The van der Waals surface area contributed by atoms with Gasteiger partial charge in [-0.1, -0.05) is 6.07 Å². The Morgan fingerprint density at radius 1 is 1.10 bits per heavy atom. The lowest BCUT2D eigenvalue weighted by atomic mass is 9.99. The van der Waals surface area contributed by atoms with E-state index in [0.717, 1.165) is 59.1 Å². The van der Waals surface area contributed by atoms with Gasteiger partial charge in [0.25, 0.3) is 5.91 Å². The van der Waals surface area contributed by atoms with E-state index >= 15 is 0 Å². The third-order valence-corrected chi connectivity index (χ3v) is 10.2. The number of pyridine rings is 1. The highest BCUT2D eigenvalue weighted by Crippen LogP contribution is 2.44. The van der Waals surface area contributed by atoms with Gasteiger partial charge in [0.05, 0.1) is 54.1 Å². The Morgan fingerprint density at radius 2 is 1.93 bits per heavy atom. The average molecular weight is 571 g/mol. The molecule has 2 aliphatic heterocycles. The number of anilines is 3. The van der Waals surface area contributed by atoms with Crippen LogP contribution in [-0.2, 0) is 17.7 Å². The fourth-order valence-electron chi connectivity index (χ4n) is 5.80. The van der Waals surface area contributed by atoms with Crippen molar-refractivity contribution >= 4 is 47.1 Å². The molecular weight excluding hydrogens is 539 g/mol. The van der Waals surface area contributed by atoms with E-state index in [1.807, 2.05) is 49.4 Å². The molecule has 4 aromatic heterocycles. The number of nitrogens with zero attached hydrogens (tertiary/aromatic N) is 6. The van der Waals surface area contributed by atoms with Crippen LogP contribution in [0.15, 0.2) is 53.4 Å². The molecule has 2 N–H and O–H groups in total. The molecule has 0 aliphatic carbocycles. The molecule has 0 atom stereocenters. The second kappa shape index (κ2) is 9.71. The number of hydrogen-bond donors (Lipinski definition) is 2. The minimum Gasteiger partial charge on any atom is -0.445 e. The second-order valence-corrected chi connectivity index (χ2v) is 14.6. The summed E-state index contributed by atoms with van der Waals surface area (Å²) in [5.74, 6) is 0.537. The van der Waals surface area contributed by atoms with Gasteiger partial charge in [-0.25, -0.2) is 15.0 Å². The van der Waals surface area contributed by atoms with E-state index in [1.165, 1.54) is 0 Å². The van der Waals surface area contributed by atoms with E-state index in [4.69, 9.17) is 9.40 Å². The van der Waals surface area contributed by atoms with Crippen LogP contribution in [-0.4, -0.2) is 76.3 Å². The van der Waals surface area contributed by atoms with Crippen LogP contribution < -0.4 is 15.5 Å². The van der Waals surface area contributed by atoms with E-state index in [9.17, 15) is 9.36 Å². The molecule has 11 nitrogen and oxygen atoms in total. The van der Waals surface area contributed by atoms with Gasteiger partial charge < -0.3 is 29.4 Å². The molecule has 1 saturated heterocycles. The summed E-state index contributed by atoms with van der Waals surface area (Å²) < 4.78 is 20.1. The number of benzene rings is 1. The Bertz CT molecular complexity index is 1870. The quantitative estimate of drug-likeness (QED) is 0.286. The average Bonchev–Trinajstić information content (AvgIpc) is 3.67. The Balaban J connectivity index is 1.26. The number of carbonyl (C=O) groups is 1. The number of amides is 1. The third-order valence-electron chi connectivity index (χ3n) is 7.90. The number of nitrogens with one attached hydrogen (secondary N) is 2. The van der Waals surface area contributed by atoms with Crippen LogP contribution in [0.1, 0.15) is 21.6 Å². The second-order valence-electron chi connectivity index (χ2n) is 11.2. The maximum atomic E-state index is 13.1. The highest BCUT2D eigenvalue weighted by atomic mass is 31.2. The van der Waals surface area contributed by atoms with Crippen molar-refractivity contribution < 1.29 is 13.8 Å². The molecule has 7 rings (SSSR count). The zero-order valence-electron chi connectivity index (χ0n) is 23.2. The number of hydrogen-bond acceptors (Lipinski definition) is 9. The van der Waals surface area contributed by atoms with Crippen LogP contribution in [0.2, 0.25) is 0 Å². The van der Waals surface area contributed by atoms with Crippen molar-refractivity contribution in [2.45, 2.75) is 13.1 Å². The summed E-state index contributed by atoms with van der Waals surface area (Å²) in [7, 11) is 2.00. The number of aromatic nitrogens is 4. The fraction of sp³-hybridized carbons (Fsp3) is 0.310. The molecule has 1 amide bonds. The van der Waals surface area contributed by atoms with Gasteiger partial charge in [-0.15, -0.1) is 0 Å². The summed E-state index contributed by atoms with van der Waals surface area (Å²) in [4.78, 5) is 31.4. The summed E-state index contributed by atoms with van der Waals surface area (Å²) >= 11 is 0. The third kappa shape index (κ3) is 4.55. The van der Waals surface area contributed by atoms with E-state index in [1.54, 1.807) is 18.7 Å². The largest absolute Gasteiger partial charge is 0.445 e. The minimum atomic E-state index is -2.04. The first kappa shape index (κ1) is 25.7. The van der Waals surface area contributed by atoms with Gasteiger partial charge in [0.1, 0.15) is 11.3 Å². The topological polar surface area (TPSA) is 121 Å². The molecule has 1 aromatic carbocycles. The number of rotatable bonds is 6. The van der Waals surface area contributed by atoms with Crippen LogP contribution >= 0.6 is 7.14 Å². The Morgan fingerprint density at radius 3 is 2.73 bits per heavy atom. The highest BCUT2D eigenvalue weighted by Gasteiger charge is 2.29. The Labute approximate surface area is 237 Å². The maximum absolute atomic E-state index is 13.1. The van der Waals surface area contributed by atoms with Crippen LogP contribution in [0, 0.1) is 0 Å². The molecule has 2 aliphatic rings. The van der Waals surface area contributed by atoms with Crippen molar-refractivity contribution in [3.05, 3.63) is 65.8 Å². The number of fused-ring (bicyclic) bond motifs is 4. The van der Waals surface area contributed by atoms with Gasteiger partial charge in [-0.3, -0.25) is 9.20 Å². The van der Waals surface area contributed by atoms with Crippen molar-refractivity contribution in [2.75, 3.05) is 56.4 Å². The molecule has 1 fully saturated rings. The fourth-order valence-corrected chi connectivity index (χ4v) is 7.36. The molecule has 6 heterocycles. The van der Waals surface area contributed by atoms with Crippen molar-refractivity contribution in [3.63, 3.8) is 0 Å². The smallest absolute Gasteiger partial charge is 0.254 e. The van der Waals surface area contributed by atoms with Crippen LogP contribution in [0.3, 0.4) is 0 Å². The molecule has 12 heteroatoms. The molecule has 0 radical (unpaired) electrons. The van der Waals surface area contributed by atoms with Gasteiger partial charge >= 0.3 is 0 Å². The summed E-state index contributed by atoms with van der Waals surface area (Å²) in [5.41, 5.74) is 8.03. The number of carbonyl (C=O) groups excluding carboxylic acids is 1. The molecule has 0 unspecified atom stereocenters. The van der Waals surface area contributed by atoms with Gasteiger partial charge in [-0.2, -0.15) is 0 Å². The summed E-state index contributed by atoms with van der Waals surface area (Å²) in [6.45, 7) is 4.51. The van der Waals surface area contributed by atoms with E-state index in [-0.39, 0.29) is 5.91 Å². The summed E-state index contributed by atoms with van der Waals surface area (Å²) in [5, 5.41) is 6.42. The molecule has 210 valence electrons. The molecular formula is C29H31N8O3P. The van der Waals surface area contributed by atoms with Crippen LogP contribution in [0.4, 0.5) is 17.2 Å². The standard InChI is InChI=1S/C29H31N8O3P/c1-35(2)17-21-22(36-9-12-41(3,39)13-10-36)6-7-25(34-21)33-20-5-4-18(19-14-31-28(38)27(19)20)24-15-30-26-16-32-29-23(37(24)26)8-11-40-29/h4-8,11,15-16H,9-10,12-14,17H2,1-3H3,(H,31,38)(H,33,34). The first-order chi connectivity index (χ1) is 19.8. The lowest BCUT2D eigenvalue weighted by Crippen LogP contribution is -2.35. The monoisotopic (exact) mass is 570 g/mol. The number of imidazole rings is 1. The molecule has 0 bridgehead atoms. The maximum Gasteiger partial charge on any atom is 0.254 e. The van der Waals surface area contributed by atoms with Gasteiger partial charge in [0.2, 0.25) is 5.71 Å². The zero-order chi connectivity index (χ0) is 28.3. The first-order valence-corrected chi connectivity index (χ1v) is 16.2. The van der Waals surface area contributed by atoms with Crippen molar-refractivity contribution in [2.24, 2.45) is 0 Å². The summed E-state index contributed by atoms with van der Waals surface area (Å²) in [6, 6.07) is 9.84. The lowest BCUT2D eigenvalue weighted by Gasteiger charge is -2.33. The Hall–Kier alpha value is -4.21. The van der Waals surface area contributed by atoms with Crippen LogP contribution in [0.25, 0.3) is 28.1 Å². The number of furan rings is 1. The molecule has 0 spiro atoms. The van der Waals surface area contributed by atoms with Crippen molar-refractivity contribution in [1.82, 2.24) is 29.6 Å². The molecule has 0 saturated carbocycles. The van der Waals surface area contributed by atoms with Gasteiger partial charge in [-0.05, 0) is 44.5 Å². The molecule has 41 heavy (non-hydrogen) atoms. The van der Waals surface area contributed by atoms with Gasteiger partial charge in [0, 0.05) is 50.1 Å². The SMILES string of the molecule is CN(C)Cc1nc(Nc2ccc(-c3cnc4cnc5occc5n34)c3c2C(=O)NC3)ccc1N1CCP(C)(=O)CC1. The van der Waals surface area contributed by atoms with E-state index < -0.39 is 7.14 Å². The van der Waals surface area contributed by atoms with Gasteiger partial charge in [0.15, 0.2) is 5.65 Å². The Kier molecular flexibility index (Phi) is 6.10. The highest BCUT2D eigenvalue weighted by molar-refractivity contribution is 7.63. The van der Waals surface area contributed by atoms with Crippen LogP contribution in [0.5, 0.6) is 0 Å². The predicted octanol–water partition coefficient (Wildman–Crippen LogP) is 4.40. The van der Waals surface area contributed by atoms with Crippen molar-refractivity contribution in [1.29, 1.82) is 0 Å². The molecule has 5 aromatic rings. The summed E-state index contributed by atoms with van der Waals surface area (Å²) in [6.07, 6.45) is 6.54. The predicted molar refractivity (Wildman–Crippen MR) is 160 cm³/mol. The normalized spacial score (nSPS) is 16.5.